The van der Waals surface area contributed by atoms with Crippen molar-refractivity contribution in [1.29, 1.82) is 5.26 Å². The number of nitriles is 1. The van der Waals surface area contributed by atoms with Gasteiger partial charge in [-0.25, -0.2) is 4.79 Å². The summed E-state index contributed by atoms with van der Waals surface area (Å²) in [6.07, 6.45) is 0. The van der Waals surface area contributed by atoms with E-state index in [-0.39, 0.29) is 16.7 Å². The first kappa shape index (κ1) is 14.1. The lowest BCUT2D eigenvalue weighted by molar-refractivity contribution is -0.385. The third kappa shape index (κ3) is 2.81. The van der Waals surface area contributed by atoms with E-state index in [1.807, 2.05) is 0 Å². The molecule has 7 nitrogen and oxygen atoms in total. The van der Waals surface area contributed by atoms with Crippen molar-refractivity contribution in [3.63, 3.8) is 0 Å². The fourth-order valence-corrected chi connectivity index (χ4v) is 1.35. The number of nitro groups is 1. The average molecular weight is 260 g/mol. The molecule has 0 aliphatic heterocycles. The van der Waals surface area contributed by atoms with Gasteiger partial charge in [-0.1, -0.05) is 6.58 Å². The second-order valence-corrected chi connectivity index (χ2v) is 3.40. The lowest BCUT2D eigenvalue weighted by Crippen LogP contribution is -2.17. The fourth-order valence-electron chi connectivity index (χ4n) is 1.35. The predicted molar refractivity (Wildman–Crippen MR) is 63.9 cm³/mol. The van der Waals surface area contributed by atoms with Crippen LogP contribution in [0.1, 0.15) is 11.1 Å². The van der Waals surface area contributed by atoms with Crippen LogP contribution in [0.15, 0.2) is 24.8 Å². The SMILES string of the molecule is C=C(C(=O)C(=O)OC)c1ccc(C#N)cc1[N+](=O)[O-]. The summed E-state index contributed by atoms with van der Waals surface area (Å²) in [5, 5.41) is 19.6. The predicted octanol–water partition coefficient (Wildman–Crippen LogP) is 1.22. The number of carbonyl (C=O) groups excluding carboxylic acids is 2. The van der Waals surface area contributed by atoms with Crippen LogP contribution in [0.3, 0.4) is 0 Å². The number of Topliss-reactive ketones (excluding diaryl/α,β-unsaturated/α-hetero) is 1. The molecule has 1 aromatic rings. The number of rotatable bonds is 4. The van der Waals surface area contributed by atoms with E-state index in [2.05, 4.69) is 11.3 Å². The van der Waals surface area contributed by atoms with Crippen LogP contribution < -0.4 is 0 Å². The molecule has 0 aliphatic carbocycles. The number of carbonyl (C=O) groups is 2. The Balaban J connectivity index is 3.32. The van der Waals surface area contributed by atoms with Gasteiger partial charge in [-0.2, -0.15) is 5.26 Å². The van der Waals surface area contributed by atoms with Crippen molar-refractivity contribution in [2.24, 2.45) is 0 Å². The molecular formula is C12H8N2O5. The van der Waals surface area contributed by atoms with Crippen molar-refractivity contribution < 1.29 is 19.2 Å². The highest BCUT2D eigenvalue weighted by Gasteiger charge is 2.25. The first-order chi connectivity index (χ1) is 8.92. The molecule has 7 heteroatoms. The molecule has 0 saturated carbocycles. The molecular weight excluding hydrogens is 252 g/mol. The minimum Gasteiger partial charge on any atom is -0.463 e. The molecule has 0 unspecified atom stereocenters. The van der Waals surface area contributed by atoms with Gasteiger partial charge in [0.1, 0.15) is 0 Å². The van der Waals surface area contributed by atoms with E-state index in [1.54, 1.807) is 6.07 Å². The molecule has 1 rings (SSSR count). The van der Waals surface area contributed by atoms with Crippen LogP contribution in [-0.2, 0) is 14.3 Å². The lowest BCUT2D eigenvalue weighted by Gasteiger charge is -2.05. The Bertz CT molecular complexity index is 627. The number of nitrogens with zero attached hydrogens (tertiary/aromatic N) is 2. The smallest absolute Gasteiger partial charge is 0.379 e. The maximum absolute atomic E-state index is 11.5. The zero-order valence-corrected chi connectivity index (χ0v) is 9.87. The molecule has 0 amide bonds. The van der Waals surface area contributed by atoms with Gasteiger partial charge in [0.2, 0.25) is 0 Å². The maximum atomic E-state index is 11.5. The number of hydrogen-bond acceptors (Lipinski definition) is 6. The maximum Gasteiger partial charge on any atom is 0.379 e. The summed E-state index contributed by atoms with van der Waals surface area (Å²) in [6.45, 7) is 3.35. The van der Waals surface area contributed by atoms with Crippen LogP contribution in [0.4, 0.5) is 5.69 Å². The number of methoxy groups -OCH3 is 1. The summed E-state index contributed by atoms with van der Waals surface area (Å²) in [6, 6.07) is 5.23. The van der Waals surface area contributed by atoms with E-state index in [9.17, 15) is 19.7 Å². The molecule has 0 N–H and O–H groups in total. The molecule has 0 radical (unpaired) electrons. The summed E-state index contributed by atoms with van der Waals surface area (Å²) in [4.78, 5) is 32.7. The van der Waals surface area contributed by atoms with Crippen molar-refractivity contribution in [1.82, 2.24) is 0 Å². The highest BCUT2D eigenvalue weighted by molar-refractivity contribution is 6.51. The Hall–Kier alpha value is -3.01. The van der Waals surface area contributed by atoms with E-state index in [4.69, 9.17) is 5.26 Å². The number of ether oxygens (including phenoxy) is 1. The third-order valence-electron chi connectivity index (χ3n) is 2.29. The van der Waals surface area contributed by atoms with E-state index >= 15 is 0 Å². The molecule has 0 spiro atoms. The van der Waals surface area contributed by atoms with Crippen LogP contribution in [0.2, 0.25) is 0 Å². The van der Waals surface area contributed by atoms with Gasteiger partial charge in [0.25, 0.3) is 11.5 Å². The molecule has 19 heavy (non-hydrogen) atoms. The van der Waals surface area contributed by atoms with Gasteiger partial charge in [-0.15, -0.1) is 0 Å². The standard InChI is InChI=1S/C12H8N2O5/c1-7(11(15)12(16)19-2)9-4-3-8(6-13)5-10(9)14(17)18/h3-5H,1H2,2H3. The Morgan fingerprint density at radius 2 is 2.11 bits per heavy atom. The van der Waals surface area contributed by atoms with Crippen LogP contribution in [-0.4, -0.2) is 23.8 Å². The summed E-state index contributed by atoms with van der Waals surface area (Å²) in [5.74, 6) is -2.24. The van der Waals surface area contributed by atoms with E-state index < -0.39 is 22.4 Å². The van der Waals surface area contributed by atoms with Crippen molar-refractivity contribution in [3.05, 3.63) is 46.0 Å². The minimum absolute atomic E-state index is 0.0637. The van der Waals surface area contributed by atoms with Crippen molar-refractivity contribution in [2.45, 2.75) is 0 Å². The Kier molecular flexibility index (Phi) is 4.11. The van der Waals surface area contributed by atoms with Crippen LogP contribution >= 0.6 is 0 Å². The van der Waals surface area contributed by atoms with Crippen molar-refractivity contribution in [2.75, 3.05) is 7.11 Å². The number of ketones is 1. The normalized spacial score (nSPS) is 9.26. The monoisotopic (exact) mass is 260 g/mol. The van der Waals surface area contributed by atoms with Gasteiger partial charge < -0.3 is 4.74 Å². The molecule has 0 heterocycles. The topological polar surface area (TPSA) is 110 Å². The number of esters is 1. The second kappa shape index (κ2) is 5.55. The van der Waals surface area contributed by atoms with Crippen LogP contribution in [0, 0.1) is 21.4 Å². The number of benzene rings is 1. The van der Waals surface area contributed by atoms with E-state index in [1.165, 1.54) is 12.1 Å². The van der Waals surface area contributed by atoms with Gasteiger partial charge in [-0.05, 0) is 12.1 Å². The highest BCUT2D eigenvalue weighted by Crippen LogP contribution is 2.26. The molecule has 0 atom stereocenters. The van der Waals surface area contributed by atoms with Crippen LogP contribution in [0.25, 0.3) is 5.57 Å². The minimum atomic E-state index is -1.16. The zero-order chi connectivity index (χ0) is 14.6. The molecule has 1 aromatic carbocycles. The average Bonchev–Trinajstić information content (AvgIpc) is 2.43. The molecule has 0 aliphatic rings. The summed E-state index contributed by atoms with van der Waals surface area (Å²) < 4.78 is 4.23. The lowest BCUT2D eigenvalue weighted by atomic mass is 10.00. The molecule has 0 aromatic heterocycles. The Labute approximate surface area is 107 Å². The van der Waals surface area contributed by atoms with E-state index in [0.717, 1.165) is 13.2 Å². The largest absolute Gasteiger partial charge is 0.463 e. The van der Waals surface area contributed by atoms with Gasteiger partial charge >= 0.3 is 5.97 Å². The third-order valence-corrected chi connectivity index (χ3v) is 2.29. The quantitative estimate of drug-likeness (QED) is 0.264. The fraction of sp³-hybridized carbons (Fsp3) is 0.0833. The second-order valence-electron chi connectivity index (χ2n) is 3.40. The molecule has 0 fully saturated rings. The van der Waals surface area contributed by atoms with Crippen LogP contribution in [0.5, 0.6) is 0 Å². The van der Waals surface area contributed by atoms with Gasteiger partial charge in [0, 0.05) is 11.6 Å². The van der Waals surface area contributed by atoms with Gasteiger partial charge in [0.15, 0.2) is 0 Å². The van der Waals surface area contributed by atoms with Gasteiger partial charge in [-0.3, -0.25) is 14.9 Å². The Morgan fingerprint density at radius 3 is 2.58 bits per heavy atom. The molecule has 0 bridgehead atoms. The first-order valence-electron chi connectivity index (χ1n) is 4.92. The summed E-state index contributed by atoms with van der Waals surface area (Å²) in [7, 11) is 1.01. The van der Waals surface area contributed by atoms with E-state index in [0.29, 0.717) is 0 Å². The molecule has 0 saturated heterocycles. The first-order valence-corrected chi connectivity index (χ1v) is 4.92. The van der Waals surface area contributed by atoms with Gasteiger partial charge in [0.05, 0.1) is 29.2 Å². The summed E-state index contributed by atoms with van der Waals surface area (Å²) >= 11 is 0. The zero-order valence-electron chi connectivity index (χ0n) is 9.87. The Morgan fingerprint density at radius 1 is 1.47 bits per heavy atom. The number of hydrogen-bond donors (Lipinski definition) is 0. The number of nitro benzene ring substituents is 1. The van der Waals surface area contributed by atoms with Crippen molar-refractivity contribution >= 4 is 23.0 Å². The summed E-state index contributed by atoms with van der Waals surface area (Å²) in [5.41, 5.74) is -0.891. The highest BCUT2D eigenvalue weighted by atomic mass is 16.6. The van der Waals surface area contributed by atoms with Crippen molar-refractivity contribution in [3.8, 4) is 6.07 Å². The molecule has 96 valence electrons.